The van der Waals surface area contributed by atoms with Crippen LogP contribution < -0.4 is 0 Å². The van der Waals surface area contributed by atoms with Gasteiger partial charge < -0.3 is 4.74 Å². The maximum Gasteiger partial charge on any atom is 0.573 e. The summed E-state index contributed by atoms with van der Waals surface area (Å²) in [5, 5.41) is 10.2. The van der Waals surface area contributed by atoms with Gasteiger partial charge in [0.25, 0.3) is 0 Å². The van der Waals surface area contributed by atoms with Gasteiger partial charge in [0.1, 0.15) is 5.76 Å². The summed E-state index contributed by atoms with van der Waals surface area (Å²) in [5.41, 5.74) is 0. The van der Waals surface area contributed by atoms with Crippen LogP contribution in [0.2, 0.25) is 0 Å². The van der Waals surface area contributed by atoms with Crippen molar-refractivity contribution in [1.29, 1.82) is 0 Å². The van der Waals surface area contributed by atoms with E-state index in [1.54, 1.807) is 0 Å². The number of rotatable bonds is 2. The van der Waals surface area contributed by atoms with E-state index in [4.69, 9.17) is 0 Å². The number of alkyl halides is 3. The lowest BCUT2D eigenvalue weighted by Crippen LogP contribution is -2.15. The van der Waals surface area contributed by atoms with Crippen molar-refractivity contribution in [3.63, 3.8) is 0 Å². The van der Waals surface area contributed by atoms with Crippen LogP contribution in [0.4, 0.5) is 13.2 Å². The Balaban J connectivity index is 2.80. The predicted octanol–water partition coefficient (Wildman–Crippen LogP) is 2.31. The maximum atomic E-state index is 11.7. The van der Waals surface area contributed by atoms with Crippen LogP contribution in [-0.2, 0) is 4.74 Å². The van der Waals surface area contributed by atoms with Crippen LogP contribution >= 0.6 is 20.7 Å². The zero-order valence-corrected chi connectivity index (χ0v) is 8.57. The first-order valence-electron chi connectivity index (χ1n) is 3.17. The Labute approximate surface area is 85.9 Å². The van der Waals surface area contributed by atoms with E-state index >= 15 is 0 Å². The molecule has 1 heterocycles. The van der Waals surface area contributed by atoms with E-state index in [0.29, 0.717) is 0 Å². The van der Waals surface area contributed by atoms with E-state index in [0.717, 1.165) is 12.2 Å². The second-order valence-electron chi connectivity index (χ2n) is 2.08. The molecule has 0 fully saturated rings. The average Bonchev–Trinajstić information content (AvgIpc) is 2.01. The molecule has 0 amide bonds. The Kier molecular flexibility index (Phi) is 3.24. The van der Waals surface area contributed by atoms with Gasteiger partial charge in [-0.3, -0.25) is 10.1 Å². The summed E-state index contributed by atoms with van der Waals surface area (Å²) in [6, 6.07) is 0. The molecule has 0 unspecified atom stereocenters. The summed E-state index contributed by atoms with van der Waals surface area (Å²) in [5.74, 6) is -0.546. The molecule has 0 atom stereocenters. The number of halogens is 4. The highest BCUT2D eigenvalue weighted by Crippen LogP contribution is 2.24. The molecule has 0 saturated carbocycles. The molecule has 4 nitrogen and oxygen atoms in total. The molecule has 0 bridgehead atoms. The van der Waals surface area contributed by atoms with Gasteiger partial charge in [0.05, 0.1) is 11.0 Å². The first kappa shape index (κ1) is 11.1. The summed E-state index contributed by atoms with van der Waals surface area (Å²) in [6.45, 7) is 0. The summed E-state index contributed by atoms with van der Waals surface area (Å²) in [7, 11) is 0. The normalized spacial score (nSPS) is 16.5. The fourth-order valence-corrected chi connectivity index (χ4v) is 2.26. The second-order valence-corrected chi connectivity index (χ2v) is 4.52. The molecule has 0 saturated heterocycles. The van der Waals surface area contributed by atoms with Crippen LogP contribution in [0.25, 0.3) is 0 Å². The molecule has 1 aliphatic heterocycles. The number of ether oxygens (including phenoxy) is 1. The molecule has 0 aliphatic carbocycles. The van der Waals surface area contributed by atoms with Crippen molar-refractivity contribution in [1.82, 2.24) is 0 Å². The van der Waals surface area contributed by atoms with Crippen LogP contribution in [-0.4, -0.2) is 14.9 Å². The van der Waals surface area contributed by atoms with Crippen molar-refractivity contribution in [2.75, 3.05) is 0 Å². The Morgan fingerprint density at radius 2 is 2.14 bits per heavy atom. The minimum Gasteiger partial charge on any atom is -0.405 e. The van der Waals surface area contributed by atoms with Gasteiger partial charge >= 0.3 is 10.00 Å². The standard InChI is InChI=1S/C6H3F3INO3/c7-6(8,9)14-4-1-2-10-5(3-4)11(12)13/h1-3H. The van der Waals surface area contributed by atoms with E-state index in [1.807, 2.05) is 0 Å². The molecule has 0 N–H and O–H groups in total. The molecule has 0 aromatic carbocycles. The van der Waals surface area contributed by atoms with Gasteiger partial charge in [-0.25, -0.2) is 0 Å². The van der Waals surface area contributed by atoms with E-state index in [2.05, 4.69) is 4.74 Å². The number of hydrogen-bond acceptors (Lipinski definition) is 3. The minimum absolute atomic E-state index is 0.217. The van der Waals surface area contributed by atoms with Crippen LogP contribution in [0.1, 0.15) is 0 Å². The number of allylic oxidation sites excluding steroid dienone is 1. The molecular formula is C6H3F3INO3. The fourth-order valence-electron chi connectivity index (χ4n) is 0.645. The Bertz CT molecular complexity index is 345. The first-order valence-corrected chi connectivity index (χ1v) is 5.49. The third kappa shape index (κ3) is 3.44. The van der Waals surface area contributed by atoms with Gasteiger partial charge in [0.2, 0.25) is 0 Å². The lowest BCUT2D eigenvalue weighted by Gasteiger charge is -2.09. The fraction of sp³-hybridized carbons (Fsp3) is 0.167. The molecular weight excluding hydrogens is 318 g/mol. The summed E-state index contributed by atoms with van der Waals surface area (Å²) in [6.07, 6.45) is -2.91. The molecule has 8 heteroatoms. The minimum atomic E-state index is -4.81. The summed E-state index contributed by atoms with van der Waals surface area (Å²) >= 11 is -0.948. The van der Waals surface area contributed by atoms with Crippen LogP contribution in [0, 0.1) is 10.1 Å². The van der Waals surface area contributed by atoms with Crippen molar-refractivity contribution in [2.24, 2.45) is 0 Å². The predicted molar refractivity (Wildman–Crippen MR) is 50.4 cm³/mol. The number of nitrogens with zero attached hydrogens (tertiary/aromatic N) is 1. The second kappa shape index (κ2) is 4.07. The highest BCUT2D eigenvalue weighted by molar-refractivity contribution is 14.2. The largest absolute Gasteiger partial charge is 0.573 e. The van der Waals surface area contributed by atoms with Crippen LogP contribution in [0.5, 0.6) is 0 Å². The quantitative estimate of drug-likeness (QED) is 0.446. The zero-order chi connectivity index (χ0) is 10.8. The molecule has 0 radical (unpaired) electrons. The Morgan fingerprint density at radius 3 is 2.64 bits per heavy atom. The van der Waals surface area contributed by atoms with E-state index < -0.39 is 37.8 Å². The van der Waals surface area contributed by atoms with Gasteiger partial charge in [-0.2, -0.15) is 0 Å². The average molecular weight is 321 g/mol. The van der Waals surface area contributed by atoms with Crippen molar-refractivity contribution in [2.45, 2.75) is 6.36 Å². The molecule has 78 valence electrons. The highest BCUT2D eigenvalue weighted by Gasteiger charge is 2.32. The third-order valence-electron chi connectivity index (χ3n) is 1.07. The highest BCUT2D eigenvalue weighted by atomic mass is 127. The van der Waals surface area contributed by atoms with Crippen molar-refractivity contribution >= 4 is 24.4 Å². The topological polar surface area (TPSA) is 52.4 Å². The van der Waals surface area contributed by atoms with Crippen molar-refractivity contribution in [3.05, 3.63) is 32.1 Å². The SMILES string of the molecule is O=[N+]([O-])C1=IC=CC(OC(F)(F)F)=C1. The lowest BCUT2D eigenvalue weighted by atomic mass is 10.4. The van der Waals surface area contributed by atoms with Crippen molar-refractivity contribution in [3.8, 4) is 0 Å². The van der Waals surface area contributed by atoms with Crippen LogP contribution in [0.15, 0.2) is 22.0 Å². The van der Waals surface area contributed by atoms with Gasteiger partial charge in [0, 0.05) is 0 Å². The first-order chi connectivity index (χ1) is 6.38. The molecule has 0 spiro atoms. The summed E-state index contributed by atoms with van der Waals surface area (Å²) in [4.78, 5) is 9.55. The lowest BCUT2D eigenvalue weighted by molar-refractivity contribution is -0.343. The van der Waals surface area contributed by atoms with E-state index in [-0.39, 0.29) is 3.63 Å². The third-order valence-corrected chi connectivity index (χ3v) is 3.13. The van der Waals surface area contributed by atoms with Gasteiger partial charge in [0.15, 0.2) is 0 Å². The van der Waals surface area contributed by atoms with Crippen LogP contribution in [0.3, 0.4) is 0 Å². The molecule has 14 heavy (non-hydrogen) atoms. The van der Waals surface area contributed by atoms with E-state index in [9.17, 15) is 23.3 Å². The maximum absolute atomic E-state index is 11.7. The molecule has 1 rings (SSSR count). The summed E-state index contributed by atoms with van der Waals surface area (Å²) < 4.78 is 39.8. The van der Waals surface area contributed by atoms with Gasteiger partial charge in [-0.1, -0.05) is 0 Å². The van der Waals surface area contributed by atoms with Gasteiger partial charge in [-0.05, 0) is 30.9 Å². The molecule has 0 aromatic rings. The molecule has 1 aliphatic rings. The number of hydrogen-bond donors (Lipinski definition) is 0. The van der Waals surface area contributed by atoms with Crippen molar-refractivity contribution < 1.29 is 22.8 Å². The smallest absolute Gasteiger partial charge is 0.405 e. The Morgan fingerprint density at radius 1 is 1.50 bits per heavy atom. The van der Waals surface area contributed by atoms with E-state index in [1.165, 1.54) is 4.08 Å². The number of nitro groups is 1. The monoisotopic (exact) mass is 321 g/mol. The molecule has 0 aromatic heterocycles. The zero-order valence-electron chi connectivity index (χ0n) is 6.42. The Hall–Kier alpha value is -0.930. The van der Waals surface area contributed by atoms with Gasteiger partial charge in [-0.15, -0.1) is 13.2 Å².